The molecule has 0 aliphatic carbocycles. The van der Waals surface area contributed by atoms with Gasteiger partial charge in [-0.2, -0.15) is 4.68 Å². The first kappa shape index (κ1) is 14.0. The number of tetrazole rings is 1. The molecule has 0 saturated carbocycles. The number of nitrogens with one attached hydrogen (secondary N) is 1. The number of nitrogens with two attached hydrogens (primary N) is 1. The van der Waals surface area contributed by atoms with Gasteiger partial charge in [0, 0.05) is 0 Å². The van der Waals surface area contributed by atoms with Crippen molar-refractivity contribution in [2.24, 2.45) is 0 Å². The number of hydrogen-bond donors (Lipinski definition) is 2. The third-order valence-electron chi connectivity index (χ3n) is 2.55. The van der Waals surface area contributed by atoms with Crippen LogP contribution < -0.4 is 11.1 Å². The Morgan fingerprint density at radius 3 is 2.86 bits per heavy atom. The molecule has 2 aromatic heterocycles. The van der Waals surface area contributed by atoms with Crippen LogP contribution in [0.4, 0.5) is 11.6 Å². The monoisotopic (exact) mass is 318 g/mol. The lowest BCUT2D eigenvalue weighted by Gasteiger charge is -2.03. The molecule has 22 heavy (non-hydrogen) atoms. The van der Waals surface area contributed by atoms with Crippen molar-refractivity contribution in [2.45, 2.75) is 5.16 Å². The standard InChI is InChI=1S/C11H10N8O2S/c12-9-10(16-21-15-9)13-8(20)6-22-11-14-17-18-19(11)7-4-2-1-3-5-7/h1-5H,6H2,(H2,12,15)(H,13,16,20). The van der Waals surface area contributed by atoms with E-state index in [1.54, 1.807) is 4.68 Å². The summed E-state index contributed by atoms with van der Waals surface area (Å²) < 4.78 is 5.94. The molecule has 11 heteroatoms. The number of rotatable bonds is 5. The molecule has 0 aliphatic heterocycles. The summed E-state index contributed by atoms with van der Waals surface area (Å²) >= 11 is 1.18. The van der Waals surface area contributed by atoms with Crippen molar-refractivity contribution in [3.8, 4) is 5.69 Å². The first-order valence-corrected chi connectivity index (χ1v) is 7.07. The Bertz CT molecular complexity index is 771. The number of aromatic nitrogens is 6. The van der Waals surface area contributed by atoms with Crippen LogP contribution in [0.15, 0.2) is 40.1 Å². The molecule has 0 unspecified atom stereocenters. The summed E-state index contributed by atoms with van der Waals surface area (Å²) in [5.41, 5.74) is 6.26. The summed E-state index contributed by atoms with van der Waals surface area (Å²) in [4.78, 5) is 11.8. The number of thioether (sulfide) groups is 1. The number of nitrogen functional groups attached to an aromatic ring is 1. The second-order valence-electron chi connectivity index (χ2n) is 4.04. The van der Waals surface area contributed by atoms with Gasteiger partial charge in [0.25, 0.3) is 0 Å². The van der Waals surface area contributed by atoms with Crippen LogP contribution >= 0.6 is 11.8 Å². The van der Waals surface area contributed by atoms with Crippen molar-refractivity contribution in [3.05, 3.63) is 30.3 Å². The lowest BCUT2D eigenvalue weighted by atomic mass is 10.3. The van der Waals surface area contributed by atoms with E-state index in [4.69, 9.17) is 5.73 Å². The number of hydrogen-bond acceptors (Lipinski definition) is 9. The molecule has 3 aromatic rings. The van der Waals surface area contributed by atoms with Crippen molar-refractivity contribution >= 4 is 29.3 Å². The van der Waals surface area contributed by atoms with Gasteiger partial charge in [-0.3, -0.25) is 4.79 Å². The van der Waals surface area contributed by atoms with Crippen molar-refractivity contribution in [3.63, 3.8) is 0 Å². The van der Waals surface area contributed by atoms with Gasteiger partial charge in [0.05, 0.1) is 11.4 Å². The Labute approximate surface area is 128 Å². The minimum Gasteiger partial charge on any atom is -0.378 e. The average molecular weight is 318 g/mol. The highest BCUT2D eigenvalue weighted by Gasteiger charge is 2.14. The molecule has 0 fully saturated rings. The van der Waals surface area contributed by atoms with Gasteiger partial charge in [-0.25, -0.2) is 4.63 Å². The van der Waals surface area contributed by atoms with E-state index >= 15 is 0 Å². The maximum absolute atomic E-state index is 11.8. The van der Waals surface area contributed by atoms with E-state index in [1.807, 2.05) is 30.3 Å². The van der Waals surface area contributed by atoms with Crippen LogP contribution in [0.25, 0.3) is 5.69 Å². The van der Waals surface area contributed by atoms with Gasteiger partial charge in [0.15, 0.2) is 0 Å². The van der Waals surface area contributed by atoms with E-state index in [1.165, 1.54) is 11.8 Å². The van der Waals surface area contributed by atoms with Crippen LogP contribution in [0, 0.1) is 0 Å². The van der Waals surface area contributed by atoms with Crippen molar-refractivity contribution in [1.82, 2.24) is 30.5 Å². The van der Waals surface area contributed by atoms with Crippen molar-refractivity contribution in [2.75, 3.05) is 16.8 Å². The fourth-order valence-electron chi connectivity index (χ4n) is 1.58. The molecule has 0 spiro atoms. The number of benzene rings is 1. The van der Waals surface area contributed by atoms with Gasteiger partial charge >= 0.3 is 0 Å². The molecule has 10 nitrogen and oxygen atoms in total. The van der Waals surface area contributed by atoms with Gasteiger partial charge < -0.3 is 11.1 Å². The molecule has 2 heterocycles. The first-order valence-electron chi connectivity index (χ1n) is 6.08. The number of para-hydroxylation sites is 1. The summed E-state index contributed by atoms with van der Waals surface area (Å²) in [6.45, 7) is 0. The molecule has 0 atom stereocenters. The number of carbonyl (C=O) groups excluding carboxylic acids is 1. The summed E-state index contributed by atoms with van der Waals surface area (Å²) in [5.74, 6) is -0.129. The maximum Gasteiger partial charge on any atom is 0.236 e. The molecule has 3 rings (SSSR count). The Hall–Kier alpha value is -2.95. The molecule has 3 N–H and O–H groups in total. The van der Waals surface area contributed by atoms with E-state index in [2.05, 4.69) is 35.8 Å². The van der Waals surface area contributed by atoms with E-state index in [-0.39, 0.29) is 23.3 Å². The predicted molar refractivity (Wildman–Crippen MR) is 77.2 cm³/mol. The molecule has 112 valence electrons. The summed E-state index contributed by atoms with van der Waals surface area (Å²) in [7, 11) is 0. The largest absolute Gasteiger partial charge is 0.378 e. The smallest absolute Gasteiger partial charge is 0.236 e. The summed E-state index contributed by atoms with van der Waals surface area (Å²) in [6.07, 6.45) is 0. The van der Waals surface area contributed by atoms with Crippen LogP contribution in [0.1, 0.15) is 0 Å². The van der Waals surface area contributed by atoms with Crippen LogP contribution in [0.3, 0.4) is 0 Å². The predicted octanol–water partition coefficient (Wildman–Crippen LogP) is 0.358. The Kier molecular flexibility index (Phi) is 3.96. The lowest BCUT2D eigenvalue weighted by Crippen LogP contribution is -2.15. The van der Waals surface area contributed by atoms with Gasteiger partial charge in [0.1, 0.15) is 0 Å². The highest BCUT2D eigenvalue weighted by molar-refractivity contribution is 7.99. The van der Waals surface area contributed by atoms with E-state index in [0.29, 0.717) is 5.16 Å². The second-order valence-corrected chi connectivity index (χ2v) is 4.99. The number of carbonyl (C=O) groups is 1. The summed E-state index contributed by atoms with van der Waals surface area (Å²) in [5, 5.41) is 21.2. The van der Waals surface area contributed by atoms with E-state index in [9.17, 15) is 4.79 Å². The van der Waals surface area contributed by atoms with Gasteiger partial charge in [-0.05, 0) is 32.9 Å². The highest BCUT2D eigenvalue weighted by Crippen LogP contribution is 2.18. The Morgan fingerprint density at radius 2 is 2.14 bits per heavy atom. The van der Waals surface area contributed by atoms with Crippen LogP contribution in [0.5, 0.6) is 0 Å². The molecule has 1 aromatic carbocycles. The third-order valence-corrected chi connectivity index (χ3v) is 3.47. The molecule has 0 bridgehead atoms. The SMILES string of the molecule is Nc1nonc1NC(=O)CSc1nnnn1-c1ccccc1. The zero-order valence-corrected chi connectivity index (χ0v) is 11.9. The van der Waals surface area contributed by atoms with Crippen LogP contribution in [-0.4, -0.2) is 42.2 Å². The minimum atomic E-state index is -0.324. The van der Waals surface area contributed by atoms with Crippen LogP contribution in [-0.2, 0) is 4.79 Å². The molecular weight excluding hydrogens is 308 g/mol. The van der Waals surface area contributed by atoms with Crippen molar-refractivity contribution < 1.29 is 9.42 Å². The Morgan fingerprint density at radius 1 is 1.32 bits per heavy atom. The van der Waals surface area contributed by atoms with Gasteiger partial charge in [-0.1, -0.05) is 30.0 Å². The van der Waals surface area contributed by atoms with Crippen molar-refractivity contribution in [1.29, 1.82) is 0 Å². The van der Waals surface area contributed by atoms with Gasteiger partial charge in [0.2, 0.25) is 22.7 Å². The third kappa shape index (κ3) is 3.03. The normalized spacial score (nSPS) is 10.5. The first-order chi connectivity index (χ1) is 10.7. The number of anilines is 2. The zero-order valence-electron chi connectivity index (χ0n) is 11.1. The minimum absolute atomic E-state index is 0.0208. The topological polar surface area (TPSA) is 138 Å². The summed E-state index contributed by atoms with van der Waals surface area (Å²) in [6, 6.07) is 9.37. The zero-order chi connectivity index (χ0) is 15.4. The number of nitrogens with zero attached hydrogens (tertiary/aromatic N) is 6. The molecule has 0 saturated heterocycles. The lowest BCUT2D eigenvalue weighted by molar-refractivity contribution is -0.113. The van der Waals surface area contributed by atoms with Gasteiger partial charge in [-0.15, -0.1) is 5.10 Å². The van der Waals surface area contributed by atoms with E-state index < -0.39 is 0 Å². The van der Waals surface area contributed by atoms with Crippen LogP contribution in [0.2, 0.25) is 0 Å². The molecular formula is C11H10N8O2S. The average Bonchev–Trinajstić information content (AvgIpc) is 3.16. The molecule has 1 amide bonds. The quantitative estimate of drug-likeness (QED) is 0.638. The molecule has 0 aliphatic rings. The maximum atomic E-state index is 11.8. The fourth-order valence-corrected chi connectivity index (χ4v) is 2.27. The second kappa shape index (κ2) is 6.22. The fraction of sp³-hybridized carbons (Fsp3) is 0.0909. The Balaban J connectivity index is 1.64. The molecule has 0 radical (unpaired) electrons. The number of amides is 1. The highest BCUT2D eigenvalue weighted by atomic mass is 32.2. The van der Waals surface area contributed by atoms with E-state index in [0.717, 1.165) is 5.69 Å².